The molecule has 0 N–H and O–H groups in total. The van der Waals surface area contributed by atoms with E-state index in [2.05, 4.69) is 32.9 Å². The van der Waals surface area contributed by atoms with Gasteiger partial charge in [0.05, 0.1) is 0 Å². The molecule has 0 aromatic rings. The van der Waals surface area contributed by atoms with Crippen molar-refractivity contribution in [1.29, 1.82) is 0 Å². The number of unbranched alkanes of at least 4 members (excludes halogenated alkanes) is 2. The van der Waals surface area contributed by atoms with Crippen molar-refractivity contribution in [3.63, 3.8) is 0 Å². The van der Waals surface area contributed by atoms with Crippen LogP contribution in [0.25, 0.3) is 0 Å². The Hall–Kier alpha value is -0.260. The summed E-state index contributed by atoms with van der Waals surface area (Å²) >= 11 is 0. The van der Waals surface area contributed by atoms with Crippen molar-refractivity contribution in [1.82, 2.24) is 0 Å². The Bertz CT molecular complexity index is 90.2. The second-order valence-corrected chi connectivity index (χ2v) is 3.58. The predicted octanol–water partition coefficient (Wildman–Crippen LogP) is 4.17. The second-order valence-electron chi connectivity index (χ2n) is 3.58. The number of rotatable bonds is 6. The monoisotopic (exact) mass is 154 g/mol. The highest BCUT2D eigenvalue weighted by Gasteiger charge is 1.90. The molecule has 0 aliphatic carbocycles. The lowest BCUT2D eigenvalue weighted by Crippen LogP contribution is -1.84. The fraction of sp³-hybridized carbons (Fsp3) is 0.818. The Morgan fingerprint density at radius 3 is 2.27 bits per heavy atom. The predicted molar refractivity (Wildman–Crippen MR) is 52.7 cm³/mol. The zero-order valence-corrected chi connectivity index (χ0v) is 8.27. The van der Waals surface area contributed by atoms with Crippen LogP contribution < -0.4 is 0 Å². The molecule has 0 aliphatic rings. The molecule has 0 aromatic carbocycles. The molecule has 0 aliphatic heterocycles. The van der Waals surface area contributed by atoms with Gasteiger partial charge in [0, 0.05) is 0 Å². The van der Waals surface area contributed by atoms with E-state index in [4.69, 9.17) is 0 Å². The number of hydrogen-bond donors (Lipinski definition) is 0. The molecule has 0 nitrogen and oxygen atoms in total. The van der Waals surface area contributed by atoms with Gasteiger partial charge in [-0.05, 0) is 25.2 Å². The minimum Gasteiger partial charge on any atom is -0.0885 e. The van der Waals surface area contributed by atoms with Crippen LogP contribution in [-0.2, 0) is 0 Å². The van der Waals surface area contributed by atoms with Gasteiger partial charge in [-0.15, -0.1) is 0 Å². The highest BCUT2D eigenvalue weighted by molar-refractivity contribution is 4.80. The van der Waals surface area contributed by atoms with E-state index in [1.165, 1.54) is 32.1 Å². The zero-order chi connectivity index (χ0) is 8.53. The molecule has 0 fully saturated rings. The first-order chi connectivity index (χ1) is 5.27. The lowest BCUT2D eigenvalue weighted by Gasteiger charge is -2.00. The van der Waals surface area contributed by atoms with E-state index in [1.54, 1.807) is 0 Å². The largest absolute Gasteiger partial charge is 0.0885 e. The fourth-order valence-corrected chi connectivity index (χ4v) is 1.05. The van der Waals surface area contributed by atoms with E-state index < -0.39 is 0 Å². The highest BCUT2D eigenvalue weighted by atomic mass is 14.0. The molecular weight excluding hydrogens is 132 g/mol. The first kappa shape index (κ1) is 10.7. The Balaban J connectivity index is 3.01. The molecule has 0 aromatic heterocycles. The smallest absolute Gasteiger partial charge is 0.0351 e. The van der Waals surface area contributed by atoms with Gasteiger partial charge in [-0.1, -0.05) is 45.8 Å². The van der Waals surface area contributed by atoms with Crippen LogP contribution in [-0.4, -0.2) is 0 Å². The maximum atomic E-state index is 2.33. The third-order valence-electron chi connectivity index (χ3n) is 1.77. The standard InChI is InChI=1S/C11H22/c1-4-5-6-7-8-9-10-11(2)3/h6-7,11H,4-5,8-10H2,1-3H3. The molecule has 0 amide bonds. The van der Waals surface area contributed by atoms with Crippen LogP contribution in [0.15, 0.2) is 12.2 Å². The Labute approximate surface area is 71.7 Å². The van der Waals surface area contributed by atoms with Crippen LogP contribution >= 0.6 is 0 Å². The van der Waals surface area contributed by atoms with Crippen LogP contribution in [0.5, 0.6) is 0 Å². The summed E-state index contributed by atoms with van der Waals surface area (Å²) in [5, 5.41) is 0. The summed E-state index contributed by atoms with van der Waals surface area (Å²) in [5.41, 5.74) is 0. The fourth-order valence-electron chi connectivity index (χ4n) is 1.05. The lowest BCUT2D eigenvalue weighted by molar-refractivity contribution is 0.559. The van der Waals surface area contributed by atoms with Crippen molar-refractivity contribution in [3.8, 4) is 0 Å². The summed E-state index contributed by atoms with van der Waals surface area (Å²) in [6, 6.07) is 0. The van der Waals surface area contributed by atoms with E-state index in [1.807, 2.05) is 0 Å². The van der Waals surface area contributed by atoms with Crippen molar-refractivity contribution in [2.24, 2.45) is 5.92 Å². The molecule has 0 unspecified atom stereocenters. The molecule has 0 saturated heterocycles. The van der Waals surface area contributed by atoms with Crippen LogP contribution in [0.3, 0.4) is 0 Å². The van der Waals surface area contributed by atoms with Crippen LogP contribution in [0.2, 0.25) is 0 Å². The summed E-state index contributed by atoms with van der Waals surface area (Å²) < 4.78 is 0. The van der Waals surface area contributed by atoms with Crippen LogP contribution in [0.4, 0.5) is 0 Å². The molecular formula is C11H22. The minimum atomic E-state index is 0.870. The van der Waals surface area contributed by atoms with Crippen molar-refractivity contribution in [2.45, 2.75) is 52.9 Å². The van der Waals surface area contributed by atoms with Crippen molar-refractivity contribution in [3.05, 3.63) is 12.2 Å². The third kappa shape index (κ3) is 9.74. The first-order valence-corrected chi connectivity index (χ1v) is 4.92. The summed E-state index contributed by atoms with van der Waals surface area (Å²) in [7, 11) is 0. The lowest BCUT2D eigenvalue weighted by atomic mass is 10.1. The Kier molecular flexibility index (Phi) is 7.66. The summed E-state index contributed by atoms with van der Waals surface area (Å²) in [5.74, 6) is 0.870. The highest BCUT2D eigenvalue weighted by Crippen LogP contribution is 2.06. The maximum Gasteiger partial charge on any atom is -0.0351 e. The van der Waals surface area contributed by atoms with Gasteiger partial charge < -0.3 is 0 Å². The van der Waals surface area contributed by atoms with Crippen molar-refractivity contribution >= 4 is 0 Å². The molecule has 0 heterocycles. The van der Waals surface area contributed by atoms with Crippen LogP contribution in [0, 0.1) is 5.92 Å². The first-order valence-electron chi connectivity index (χ1n) is 4.92. The molecule has 0 saturated carbocycles. The summed E-state index contributed by atoms with van der Waals surface area (Å²) in [6.45, 7) is 6.80. The second kappa shape index (κ2) is 7.84. The van der Waals surface area contributed by atoms with Crippen LogP contribution in [0.1, 0.15) is 52.9 Å². The van der Waals surface area contributed by atoms with Gasteiger partial charge in [-0.25, -0.2) is 0 Å². The molecule has 0 heteroatoms. The van der Waals surface area contributed by atoms with Gasteiger partial charge in [0.15, 0.2) is 0 Å². The third-order valence-corrected chi connectivity index (χ3v) is 1.77. The van der Waals surface area contributed by atoms with Gasteiger partial charge in [0.25, 0.3) is 0 Å². The number of allylic oxidation sites excluding steroid dienone is 2. The van der Waals surface area contributed by atoms with E-state index >= 15 is 0 Å². The van der Waals surface area contributed by atoms with E-state index in [0.29, 0.717) is 0 Å². The van der Waals surface area contributed by atoms with Gasteiger partial charge >= 0.3 is 0 Å². The molecule has 0 bridgehead atoms. The van der Waals surface area contributed by atoms with E-state index in [0.717, 1.165) is 5.92 Å². The molecule has 0 radical (unpaired) electrons. The van der Waals surface area contributed by atoms with Gasteiger partial charge in [-0.3, -0.25) is 0 Å². The quantitative estimate of drug-likeness (QED) is 0.398. The minimum absolute atomic E-state index is 0.870. The zero-order valence-electron chi connectivity index (χ0n) is 8.27. The maximum absolute atomic E-state index is 2.33. The summed E-state index contributed by atoms with van der Waals surface area (Å²) in [6.07, 6.45) is 11.2. The van der Waals surface area contributed by atoms with Gasteiger partial charge in [0.2, 0.25) is 0 Å². The molecule has 0 rings (SSSR count). The Morgan fingerprint density at radius 2 is 1.73 bits per heavy atom. The van der Waals surface area contributed by atoms with E-state index in [9.17, 15) is 0 Å². The number of hydrogen-bond acceptors (Lipinski definition) is 0. The van der Waals surface area contributed by atoms with Crippen molar-refractivity contribution in [2.75, 3.05) is 0 Å². The molecule has 11 heavy (non-hydrogen) atoms. The van der Waals surface area contributed by atoms with Crippen molar-refractivity contribution < 1.29 is 0 Å². The molecule has 66 valence electrons. The summed E-state index contributed by atoms with van der Waals surface area (Å²) in [4.78, 5) is 0. The van der Waals surface area contributed by atoms with Gasteiger partial charge in [-0.2, -0.15) is 0 Å². The topological polar surface area (TPSA) is 0 Å². The van der Waals surface area contributed by atoms with Gasteiger partial charge in [0.1, 0.15) is 0 Å². The van der Waals surface area contributed by atoms with E-state index in [-0.39, 0.29) is 0 Å². The Morgan fingerprint density at radius 1 is 1.09 bits per heavy atom. The average molecular weight is 154 g/mol. The normalized spacial score (nSPS) is 11.6. The molecule has 0 spiro atoms. The SMILES string of the molecule is CCCC=CCCCC(C)C. The average Bonchev–Trinajstić information content (AvgIpc) is 1.96. The molecule has 0 atom stereocenters.